The summed E-state index contributed by atoms with van der Waals surface area (Å²) in [7, 11) is 0. The molecule has 0 bridgehead atoms. The van der Waals surface area contributed by atoms with Crippen LogP contribution in [0.4, 0.5) is 0 Å². The van der Waals surface area contributed by atoms with E-state index in [1.165, 1.54) is 0 Å². The zero-order valence-electron chi connectivity index (χ0n) is 12.0. The Morgan fingerprint density at radius 3 is 2.18 bits per heavy atom. The van der Waals surface area contributed by atoms with Crippen LogP contribution in [0.25, 0.3) is 0 Å². The highest BCUT2D eigenvalue weighted by Crippen LogP contribution is 2.40. The van der Waals surface area contributed by atoms with Crippen LogP contribution < -0.4 is 10.6 Å². The molecule has 3 heteroatoms. The number of carbonyl (C=O) groups excluding carboxylic acids is 1. The van der Waals surface area contributed by atoms with Crippen LogP contribution in [0.1, 0.15) is 54.4 Å². The molecular weight excluding hydrogens is 212 g/mol. The van der Waals surface area contributed by atoms with E-state index in [1.54, 1.807) is 0 Å². The van der Waals surface area contributed by atoms with E-state index in [4.69, 9.17) is 0 Å². The zero-order valence-corrected chi connectivity index (χ0v) is 12.0. The normalized spacial score (nSPS) is 19.1. The second-order valence-electron chi connectivity index (χ2n) is 6.40. The maximum atomic E-state index is 12.1. The zero-order chi connectivity index (χ0) is 13.2. The average Bonchev–Trinajstić information content (AvgIpc) is 2.38. The molecule has 0 aliphatic heterocycles. The molecule has 1 aliphatic rings. The number of hydrogen-bond donors (Lipinski definition) is 2. The Labute approximate surface area is 105 Å². The molecule has 0 spiro atoms. The van der Waals surface area contributed by atoms with Gasteiger partial charge in [0.25, 0.3) is 0 Å². The van der Waals surface area contributed by atoms with Gasteiger partial charge in [0, 0.05) is 23.4 Å². The molecule has 0 fully saturated rings. The maximum Gasteiger partial charge on any atom is 0.249 e. The van der Waals surface area contributed by atoms with E-state index in [1.807, 2.05) is 13.8 Å². The van der Waals surface area contributed by atoms with E-state index in [2.05, 4.69) is 38.3 Å². The van der Waals surface area contributed by atoms with Crippen LogP contribution in [0.5, 0.6) is 0 Å². The standard InChI is InChI=1S/C14H26N2O/c1-9(2)15-12-8-14(5,6)7-11(12)13(17)16-10(3)4/h9-10,15H,7-8H2,1-6H3,(H,16,17). The highest BCUT2D eigenvalue weighted by Gasteiger charge is 2.34. The van der Waals surface area contributed by atoms with E-state index in [0.717, 1.165) is 24.1 Å². The van der Waals surface area contributed by atoms with Crippen molar-refractivity contribution in [2.75, 3.05) is 0 Å². The van der Waals surface area contributed by atoms with Gasteiger partial charge in [0.1, 0.15) is 0 Å². The molecule has 98 valence electrons. The van der Waals surface area contributed by atoms with Crippen LogP contribution in [-0.2, 0) is 4.79 Å². The number of amides is 1. The molecule has 0 saturated heterocycles. The first-order chi connectivity index (χ1) is 7.71. The molecule has 0 radical (unpaired) electrons. The SMILES string of the molecule is CC(C)NC(=O)C1=C(NC(C)C)CC(C)(C)C1. The fourth-order valence-electron chi connectivity index (χ4n) is 2.29. The fourth-order valence-corrected chi connectivity index (χ4v) is 2.29. The van der Waals surface area contributed by atoms with Crippen LogP contribution in [0, 0.1) is 5.41 Å². The van der Waals surface area contributed by atoms with Crippen molar-refractivity contribution in [1.29, 1.82) is 0 Å². The summed E-state index contributed by atoms with van der Waals surface area (Å²) in [5, 5.41) is 6.41. The van der Waals surface area contributed by atoms with Crippen molar-refractivity contribution in [1.82, 2.24) is 10.6 Å². The molecular formula is C14H26N2O. The first-order valence-electron chi connectivity index (χ1n) is 6.51. The lowest BCUT2D eigenvalue weighted by Gasteiger charge is -2.18. The predicted octanol–water partition coefficient (Wildman–Crippen LogP) is 2.58. The van der Waals surface area contributed by atoms with Gasteiger partial charge in [-0.15, -0.1) is 0 Å². The molecule has 0 unspecified atom stereocenters. The molecule has 0 aromatic rings. The number of hydrogen-bond acceptors (Lipinski definition) is 2. The van der Waals surface area contributed by atoms with Crippen molar-refractivity contribution in [2.24, 2.45) is 5.41 Å². The van der Waals surface area contributed by atoms with Gasteiger partial charge in [-0.05, 0) is 46.0 Å². The molecule has 0 aromatic heterocycles. The fraction of sp³-hybridized carbons (Fsp3) is 0.786. The Kier molecular flexibility index (Phi) is 4.23. The number of carbonyl (C=O) groups is 1. The molecule has 0 heterocycles. The third kappa shape index (κ3) is 4.06. The van der Waals surface area contributed by atoms with Crippen molar-refractivity contribution in [2.45, 2.75) is 66.5 Å². The summed E-state index contributed by atoms with van der Waals surface area (Å²) in [6, 6.07) is 0.569. The highest BCUT2D eigenvalue weighted by atomic mass is 16.1. The van der Waals surface area contributed by atoms with Crippen LogP contribution >= 0.6 is 0 Å². The minimum absolute atomic E-state index is 0.0914. The lowest BCUT2D eigenvalue weighted by molar-refractivity contribution is -0.118. The lowest BCUT2D eigenvalue weighted by Crippen LogP contribution is -2.33. The predicted molar refractivity (Wildman–Crippen MR) is 71.6 cm³/mol. The molecule has 1 rings (SSSR count). The molecule has 0 atom stereocenters. The van der Waals surface area contributed by atoms with E-state index >= 15 is 0 Å². The largest absolute Gasteiger partial charge is 0.386 e. The van der Waals surface area contributed by atoms with Crippen LogP contribution in [-0.4, -0.2) is 18.0 Å². The van der Waals surface area contributed by atoms with Crippen LogP contribution in [0.15, 0.2) is 11.3 Å². The van der Waals surface area contributed by atoms with Crippen LogP contribution in [0.2, 0.25) is 0 Å². The Hall–Kier alpha value is -0.990. The van der Waals surface area contributed by atoms with Gasteiger partial charge in [-0.1, -0.05) is 13.8 Å². The van der Waals surface area contributed by atoms with Gasteiger partial charge >= 0.3 is 0 Å². The highest BCUT2D eigenvalue weighted by molar-refractivity contribution is 5.95. The third-order valence-corrected chi connectivity index (χ3v) is 2.83. The molecule has 2 N–H and O–H groups in total. The van der Waals surface area contributed by atoms with Crippen molar-refractivity contribution < 1.29 is 4.79 Å². The second-order valence-corrected chi connectivity index (χ2v) is 6.40. The minimum atomic E-state index is 0.0914. The minimum Gasteiger partial charge on any atom is -0.386 e. The van der Waals surface area contributed by atoms with Gasteiger partial charge in [0.05, 0.1) is 0 Å². The van der Waals surface area contributed by atoms with Gasteiger partial charge in [0.15, 0.2) is 0 Å². The smallest absolute Gasteiger partial charge is 0.249 e. The first kappa shape index (κ1) is 14.1. The van der Waals surface area contributed by atoms with Crippen LogP contribution in [0.3, 0.4) is 0 Å². The van der Waals surface area contributed by atoms with Crippen molar-refractivity contribution in [3.63, 3.8) is 0 Å². The lowest BCUT2D eigenvalue weighted by atomic mass is 9.89. The Morgan fingerprint density at radius 1 is 1.12 bits per heavy atom. The van der Waals surface area contributed by atoms with Crippen molar-refractivity contribution >= 4 is 5.91 Å². The summed E-state index contributed by atoms with van der Waals surface area (Å²) in [6.07, 6.45) is 1.83. The Balaban J connectivity index is 2.85. The monoisotopic (exact) mass is 238 g/mol. The Morgan fingerprint density at radius 2 is 1.71 bits per heavy atom. The van der Waals surface area contributed by atoms with Crippen molar-refractivity contribution in [3.8, 4) is 0 Å². The van der Waals surface area contributed by atoms with E-state index < -0.39 is 0 Å². The van der Waals surface area contributed by atoms with E-state index in [-0.39, 0.29) is 17.4 Å². The summed E-state index contributed by atoms with van der Waals surface area (Å²) in [6.45, 7) is 12.6. The average molecular weight is 238 g/mol. The van der Waals surface area contributed by atoms with Crippen molar-refractivity contribution in [3.05, 3.63) is 11.3 Å². The summed E-state index contributed by atoms with van der Waals surface area (Å²) in [4.78, 5) is 12.1. The number of nitrogens with one attached hydrogen (secondary N) is 2. The topological polar surface area (TPSA) is 41.1 Å². The van der Waals surface area contributed by atoms with Gasteiger partial charge in [-0.25, -0.2) is 0 Å². The van der Waals surface area contributed by atoms with E-state index in [9.17, 15) is 4.79 Å². The summed E-state index contributed by atoms with van der Waals surface area (Å²) >= 11 is 0. The number of allylic oxidation sites excluding steroid dienone is 1. The second kappa shape index (κ2) is 5.11. The quantitative estimate of drug-likeness (QED) is 0.790. The first-order valence-corrected chi connectivity index (χ1v) is 6.51. The molecule has 17 heavy (non-hydrogen) atoms. The van der Waals surface area contributed by atoms with Gasteiger partial charge < -0.3 is 10.6 Å². The van der Waals surface area contributed by atoms with Gasteiger partial charge in [0.2, 0.25) is 5.91 Å². The Bertz CT molecular complexity index is 327. The van der Waals surface area contributed by atoms with Gasteiger partial charge in [-0.2, -0.15) is 0 Å². The molecule has 1 amide bonds. The summed E-state index contributed by atoms with van der Waals surface area (Å²) in [5.41, 5.74) is 2.27. The number of rotatable bonds is 4. The molecule has 1 aliphatic carbocycles. The summed E-state index contributed by atoms with van der Waals surface area (Å²) < 4.78 is 0. The molecule has 0 aromatic carbocycles. The molecule has 3 nitrogen and oxygen atoms in total. The summed E-state index contributed by atoms with van der Waals surface area (Å²) in [5.74, 6) is 0.0914. The maximum absolute atomic E-state index is 12.1. The van der Waals surface area contributed by atoms with E-state index in [0.29, 0.717) is 6.04 Å². The third-order valence-electron chi connectivity index (χ3n) is 2.83. The van der Waals surface area contributed by atoms with Gasteiger partial charge in [-0.3, -0.25) is 4.79 Å². The molecule has 0 saturated carbocycles.